The molecule has 3 aromatic rings. The summed E-state index contributed by atoms with van der Waals surface area (Å²) in [6.07, 6.45) is 0. The Morgan fingerprint density at radius 2 is 2.14 bits per heavy atom. The monoisotopic (exact) mass is 337 g/mol. The number of benzene rings is 1. The average Bonchev–Trinajstić information content (AvgIpc) is 2.93. The Kier molecular flexibility index (Phi) is 3.72. The summed E-state index contributed by atoms with van der Waals surface area (Å²) < 4.78 is 15.1. The number of nitrogens with zero attached hydrogens (tertiary/aromatic N) is 1. The summed E-state index contributed by atoms with van der Waals surface area (Å²) >= 11 is 7.29. The van der Waals surface area contributed by atoms with E-state index in [1.54, 1.807) is 17.5 Å². The van der Waals surface area contributed by atoms with Crippen LogP contribution in [0.2, 0.25) is 5.02 Å². The van der Waals surface area contributed by atoms with E-state index in [0.717, 1.165) is 0 Å². The predicted molar refractivity (Wildman–Crippen MR) is 83.6 cm³/mol. The predicted octanol–water partition coefficient (Wildman–Crippen LogP) is 3.60. The van der Waals surface area contributed by atoms with Gasteiger partial charge in [-0.15, -0.1) is 11.3 Å². The molecule has 0 saturated carbocycles. The molecule has 0 spiro atoms. The Hall–Kier alpha value is -2.18. The smallest absolute Gasteiger partial charge is 0.342 e. The molecule has 0 bridgehead atoms. The van der Waals surface area contributed by atoms with Crippen LogP contribution in [0.25, 0.3) is 10.2 Å². The van der Waals surface area contributed by atoms with Gasteiger partial charge in [-0.1, -0.05) is 23.7 Å². The van der Waals surface area contributed by atoms with Crippen LogP contribution in [0, 0.1) is 5.82 Å². The van der Waals surface area contributed by atoms with Crippen LogP contribution in [-0.4, -0.2) is 15.6 Å². The third-order valence-electron chi connectivity index (χ3n) is 3.26. The van der Waals surface area contributed by atoms with Gasteiger partial charge in [-0.05, 0) is 29.1 Å². The summed E-state index contributed by atoms with van der Waals surface area (Å²) in [4.78, 5) is 23.8. The number of halogens is 2. The van der Waals surface area contributed by atoms with Crippen LogP contribution in [-0.2, 0) is 6.54 Å². The van der Waals surface area contributed by atoms with E-state index in [1.807, 2.05) is 0 Å². The van der Waals surface area contributed by atoms with Gasteiger partial charge in [0.05, 0.1) is 21.8 Å². The maximum Gasteiger partial charge on any atom is 0.342 e. The van der Waals surface area contributed by atoms with Crippen molar-refractivity contribution in [3.8, 4) is 0 Å². The number of hydrogen-bond acceptors (Lipinski definition) is 3. The Balaban J connectivity index is 2.27. The normalized spacial score (nSPS) is 11.0. The first-order chi connectivity index (χ1) is 10.5. The first kappa shape index (κ1) is 14.7. The van der Waals surface area contributed by atoms with Crippen LogP contribution >= 0.6 is 22.9 Å². The fourth-order valence-electron chi connectivity index (χ4n) is 2.29. The molecule has 0 aliphatic rings. The second-order valence-corrected chi connectivity index (χ2v) is 5.94. The Morgan fingerprint density at radius 1 is 1.36 bits per heavy atom. The lowest BCUT2D eigenvalue weighted by molar-refractivity contribution is 0.0695. The summed E-state index contributed by atoms with van der Waals surface area (Å²) in [6.45, 7) is 0.0707. The molecular weight excluding hydrogens is 329 g/mol. The summed E-state index contributed by atoms with van der Waals surface area (Å²) in [6, 6.07) is 7.51. The summed E-state index contributed by atoms with van der Waals surface area (Å²) in [5, 5.41) is 10.9. The number of aromatic carboxylic acids is 1. The number of carbonyl (C=O) groups is 1. The molecule has 0 saturated heterocycles. The van der Waals surface area contributed by atoms with Gasteiger partial charge >= 0.3 is 5.97 Å². The van der Waals surface area contributed by atoms with E-state index in [1.165, 1.54) is 34.1 Å². The zero-order chi connectivity index (χ0) is 15.9. The molecule has 112 valence electrons. The zero-order valence-corrected chi connectivity index (χ0v) is 12.6. The molecule has 3 rings (SSSR count). The molecule has 0 unspecified atom stereocenters. The van der Waals surface area contributed by atoms with Crippen molar-refractivity contribution in [1.29, 1.82) is 0 Å². The van der Waals surface area contributed by atoms with Crippen LogP contribution in [0.3, 0.4) is 0 Å². The quantitative estimate of drug-likeness (QED) is 0.794. The molecule has 0 fully saturated rings. The Morgan fingerprint density at radius 3 is 2.82 bits per heavy atom. The van der Waals surface area contributed by atoms with Crippen LogP contribution in [0.15, 0.2) is 40.5 Å². The molecule has 1 N–H and O–H groups in total. The van der Waals surface area contributed by atoms with Crippen molar-refractivity contribution in [3.63, 3.8) is 0 Å². The maximum absolute atomic E-state index is 13.3. The van der Waals surface area contributed by atoms with E-state index >= 15 is 0 Å². The van der Waals surface area contributed by atoms with Crippen molar-refractivity contribution in [3.05, 3.63) is 68.0 Å². The molecule has 0 aliphatic carbocycles. The SMILES string of the molecule is O=C(O)c1c(Cl)c2sccc2n(Cc2cccc(F)c2)c1=O. The van der Waals surface area contributed by atoms with Gasteiger partial charge in [-0.3, -0.25) is 4.79 Å². The molecule has 2 aromatic heterocycles. The minimum Gasteiger partial charge on any atom is -0.477 e. The van der Waals surface area contributed by atoms with Crippen LogP contribution in [0.5, 0.6) is 0 Å². The minimum atomic E-state index is -1.38. The summed E-state index contributed by atoms with van der Waals surface area (Å²) in [5.41, 5.74) is -0.0665. The Bertz CT molecular complexity index is 948. The number of thiophene rings is 1. The molecule has 0 radical (unpaired) electrons. The average molecular weight is 338 g/mol. The number of fused-ring (bicyclic) bond motifs is 1. The van der Waals surface area contributed by atoms with Crippen LogP contribution in [0.1, 0.15) is 15.9 Å². The van der Waals surface area contributed by atoms with Gasteiger partial charge < -0.3 is 9.67 Å². The number of carboxylic acid groups (broad SMARTS) is 1. The van der Waals surface area contributed by atoms with E-state index in [-0.39, 0.29) is 11.6 Å². The molecule has 0 aliphatic heterocycles. The van der Waals surface area contributed by atoms with Crippen molar-refractivity contribution < 1.29 is 14.3 Å². The van der Waals surface area contributed by atoms with Crippen molar-refractivity contribution >= 4 is 39.1 Å². The lowest BCUT2D eigenvalue weighted by Crippen LogP contribution is -2.27. The van der Waals surface area contributed by atoms with Crippen molar-refractivity contribution in [1.82, 2.24) is 4.57 Å². The molecule has 0 amide bonds. The third kappa shape index (κ3) is 2.40. The molecule has 4 nitrogen and oxygen atoms in total. The van der Waals surface area contributed by atoms with Gasteiger partial charge in [-0.2, -0.15) is 0 Å². The van der Waals surface area contributed by atoms with Gasteiger partial charge in [0.2, 0.25) is 0 Å². The molecular formula is C15H9ClFNO3S. The summed E-state index contributed by atoms with van der Waals surface area (Å²) in [7, 11) is 0. The third-order valence-corrected chi connectivity index (χ3v) is 4.67. The minimum absolute atomic E-state index is 0.0574. The highest BCUT2D eigenvalue weighted by molar-refractivity contribution is 7.17. The highest BCUT2D eigenvalue weighted by Crippen LogP contribution is 2.30. The first-order valence-corrected chi connectivity index (χ1v) is 7.52. The first-order valence-electron chi connectivity index (χ1n) is 6.26. The van der Waals surface area contributed by atoms with E-state index in [0.29, 0.717) is 15.8 Å². The molecule has 2 heterocycles. The molecule has 22 heavy (non-hydrogen) atoms. The van der Waals surface area contributed by atoms with Crippen molar-refractivity contribution in [2.45, 2.75) is 6.54 Å². The van der Waals surface area contributed by atoms with Gasteiger partial charge in [0.1, 0.15) is 11.4 Å². The lowest BCUT2D eigenvalue weighted by atomic mass is 10.2. The summed E-state index contributed by atoms with van der Waals surface area (Å²) in [5.74, 6) is -1.79. The maximum atomic E-state index is 13.3. The number of hydrogen-bond donors (Lipinski definition) is 1. The fourth-order valence-corrected chi connectivity index (χ4v) is 3.52. The van der Waals surface area contributed by atoms with Gasteiger partial charge in [0.25, 0.3) is 5.56 Å². The molecule has 7 heteroatoms. The van der Waals surface area contributed by atoms with Crippen LogP contribution < -0.4 is 5.56 Å². The van der Waals surface area contributed by atoms with E-state index in [4.69, 9.17) is 11.6 Å². The lowest BCUT2D eigenvalue weighted by Gasteiger charge is -2.11. The van der Waals surface area contributed by atoms with Crippen molar-refractivity contribution in [2.75, 3.05) is 0 Å². The topological polar surface area (TPSA) is 59.3 Å². The van der Waals surface area contributed by atoms with E-state index in [9.17, 15) is 19.1 Å². The highest BCUT2D eigenvalue weighted by Gasteiger charge is 2.21. The van der Waals surface area contributed by atoms with E-state index in [2.05, 4.69) is 0 Å². The highest BCUT2D eigenvalue weighted by atomic mass is 35.5. The largest absolute Gasteiger partial charge is 0.477 e. The zero-order valence-electron chi connectivity index (χ0n) is 11.0. The van der Waals surface area contributed by atoms with E-state index < -0.39 is 22.9 Å². The molecule has 1 aromatic carbocycles. The number of rotatable bonds is 3. The fraction of sp³-hybridized carbons (Fsp3) is 0.0667. The Labute approximate surface area is 133 Å². The second kappa shape index (κ2) is 5.55. The van der Waals surface area contributed by atoms with Crippen LogP contribution in [0.4, 0.5) is 4.39 Å². The van der Waals surface area contributed by atoms with Crippen molar-refractivity contribution in [2.24, 2.45) is 0 Å². The number of carboxylic acids is 1. The second-order valence-electron chi connectivity index (χ2n) is 4.65. The van der Waals surface area contributed by atoms with Gasteiger partial charge in [0.15, 0.2) is 0 Å². The standard InChI is InChI=1S/C15H9ClFNO3S/c16-12-11(15(20)21)14(19)18(10-4-5-22-13(10)12)7-8-2-1-3-9(17)6-8/h1-6H,7H2,(H,20,21). The van der Waals surface area contributed by atoms with Gasteiger partial charge in [0, 0.05) is 0 Å². The molecule has 0 atom stereocenters. The number of aromatic nitrogens is 1. The van der Waals surface area contributed by atoms with Gasteiger partial charge in [-0.25, -0.2) is 9.18 Å². The number of pyridine rings is 1.